The molecule has 1 aliphatic heterocycles. The first-order valence-electron chi connectivity index (χ1n) is 8.77. The normalized spacial score (nSPS) is 26.1. The molecule has 0 spiro atoms. The van der Waals surface area contributed by atoms with E-state index >= 15 is 0 Å². The summed E-state index contributed by atoms with van der Waals surface area (Å²) in [7, 11) is 0. The highest BCUT2D eigenvalue weighted by molar-refractivity contribution is 5.86. The molecule has 1 saturated heterocycles. The Balaban J connectivity index is 1.65. The minimum absolute atomic E-state index is 0.103. The summed E-state index contributed by atoms with van der Waals surface area (Å²) in [5, 5.41) is 0. The Morgan fingerprint density at radius 2 is 2.08 bits per heavy atom. The van der Waals surface area contributed by atoms with E-state index in [0.29, 0.717) is 0 Å². The molecule has 1 unspecified atom stereocenters. The zero-order chi connectivity index (χ0) is 17.0. The van der Waals surface area contributed by atoms with Gasteiger partial charge in [0.1, 0.15) is 12.7 Å². The van der Waals surface area contributed by atoms with Crippen molar-refractivity contribution in [2.75, 3.05) is 0 Å². The van der Waals surface area contributed by atoms with Gasteiger partial charge in [-0.15, -0.1) is 0 Å². The van der Waals surface area contributed by atoms with Crippen molar-refractivity contribution in [1.29, 1.82) is 0 Å². The van der Waals surface area contributed by atoms with Crippen LogP contribution in [-0.2, 0) is 25.7 Å². The number of carbonyl (C=O) groups is 2. The van der Waals surface area contributed by atoms with E-state index in [1.165, 1.54) is 0 Å². The van der Waals surface area contributed by atoms with Crippen LogP contribution in [0.15, 0.2) is 42.0 Å². The third-order valence-corrected chi connectivity index (χ3v) is 5.16. The van der Waals surface area contributed by atoms with Crippen LogP contribution in [0.2, 0.25) is 0 Å². The van der Waals surface area contributed by atoms with E-state index in [2.05, 4.69) is 6.08 Å². The summed E-state index contributed by atoms with van der Waals surface area (Å²) in [6.45, 7) is 2.27. The second-order valence-corrected chi connectivity index (χ2v) is 6.59. The predicted molar refractivity (Wildman–Crippen MR) is 90.0 cm³/mol. The van der Waals surface area contributed by atoms with Crippen LogP contribution in [0.25, 0.3) is 0 Å². The molecule has 4 heteroatoms. The minimum atomic E-state index is -0.513. The molecule has 2 atom stereocenters. The summed E-state index contributed by atoms with van der Waals surface area (Å²) in [6, 6.07) is 9.57. The molecule has 0 aromatic heterocycles. The van der Waals surface area contributed by atoms with Crippen molar-refractivity contribution in [2.24, 2.45) is 5.41 Å². The molecule has 1 heterocycles. The Morgan fingerprint density at radius 3 is 2.83 bits per heavy atom. The van der Waals surface area contributed by atoms with E-state index in [-0.39, 0.29) is 25.0 Å². The van der Waals surface area contributed by atoms with Crippen molar-refractivity contribution in [3.05, 3.63) is 47.5 Å². The number of ether oxygens (including phenoxy) is 2. The van der Waals surface area contributed by atoms with Gasteiger partial charge < -0.3 is 9.47 Å². The summed E-state index contributed by atoms with van der Waals surface area (Å²) < 4.78 is 10.9. The highest BCUT2D eigenvalue weighted by Crippen LogP contribution is 2.48. The molecule has 1 aromatic carbocycles. The first-order valence-corrected chi connectivity index (χ1v) is 8.77. The molecule has 24 heavy (non-hydrogen) atoms. The largest absolute Gasteiger partial charge is 0.461 e. The number of benzene rings is 1. The number of rotatable bonds is 5. The van der Waals surface area contributed by atoms with E-state index in [1.807, 2.05) is 37.3 Å². The number of cyclic esters (lactones) is 1. The highest BCUT2D eigenvalue weighted by atomic mass is 16.6. The highest BCUT2D eigenvalue weighted by Gasteiger charge is 2.52. The molecule has 1 aliphatic carbocycles. The van der Waals surface area contributed by atoms with Crippen LogP contribution in [0.5, 0.6) is 0 Å². The topological polar surface area (TPSA) is 52.6 Å². The number of carbonyl (C=O) groups excluding carboxylic acids is 2. The number of allylic oxidation sites excluding steroid dienone is 1. The summed E-state index contributed by atoms with van der Waals surface area (Å²) in [4.78, 5) is 24.7. The number of fused-ring (bicyclic) bond motifs is 1. The molecular formula is C20H24O4. The lowest BCUT2D eigenvalue weighted by Gasteiger charge is -2.24. The van der Waals surface area contributed by atoms with Crippen molar-refractivity contribution in [1.82, 2.24) is 0 Å². The van der Waals surface area contributed by atoms with Crippen molar-refractivity contribution in [3.8, 4) is 0 Å². The van der Waals surface area contributed by atoms with Gasteiger partial charge in [0.25, 0.3) is 0 Å². The van der Waals surface area contributed by atoms with Crippen molar-refractivity contribution < 1.29 is 19.1 Å². The molecule has 0 radical (unpaired) electrons. The van der Waals surface area contributed by atoms with Crippen LogP contribution in [0.1, 0.15) is 51.0 Å². The van der Waals surface area contributed by atoms with Gasteiger partial charge in [-0.25, -0.2) is 0 Å². The Kier molecular flexibility index (Phi) is 5.03. The molecule has 128 valence electrons. The lowest BCUT2D eigenvalue weighted by Crippen LogP contribution is -2.27. The zero-order valence-corrected chi connectivity index (χ0v) is 14.1. The van der Waals surface area contributed by atoms with E-state index < -0.39 is 11.5 Å². The van der Waals surface area contributed by atoms with Gasteiger partial charge in [0.2, 0.25) is 0 Å². The van der Waals surface area contributed by atoms with E-state index in [4.69, 9.17) is 9.47 Å². The van der Waals surface area contributed by atoms with Gasteiger partial charge in [-0.3, -0.25) is 9.59 Å². The number of esters is 2. The molecule has 4 nitrogen and oxygen atoms in total. The second kappa shape index (κ2) is 7.20. The minimum Gasteiger partial charge on any atom is -0.461 e. The van der Waals surface area contributed by atoms with Gasteiger partial charge in [0.15, 0.2) is 0 Å². The molecule has 2 aliphatic rings. The Labute approximate surface area is 142 Å². The summed E-state index contributed by atoms with van der Waals surface area (Å²) in [5.74, 6) is -0.493. The smallest absolute Gasteiger partial charge is 0.316 e. The molecule has 1 aromatic rings. The monoisotopic (exact) mass is 328 g/mol. The van der Waals surface area contributed by atoms with E-state index in [9.17, 15) is 9.59 Å². The molecule has 3 rings (SSSR count). The van der Waals surface area contributed by atoms with Crippen molar-refractivity contribution in [2.45, 2.75) is 58.2 Å². The maximum Gasteiger partial charge on any atom is 0.316 e. The molecule has 0 bridgehead atoms. The van der Waals surface area contributed by atoms with Gasteiger partial charge >= 0.3 is 11.9 Å². The zero-order valence-electron chi connectivity index (χ0n) is 14.1. The standard InChI is InChI=1S/C20H24O4/c1-2-20-12-8-4-7-11-16(20)17(24-19(20)22)13-18(21)23-14-15-9-5-3-6-10-15/h3,5-6,9-11,17H,2,4,7-8,12-14H2,1H3/t17?,20-/m0/s1. The maximum atomic E-state index is 12.5. The lowest BCUT2D eigenvalue weighted by atomic mass is 9.74. The van der Waals surface area contributed by atoms with Crippen molar-refractivity contribution >= 4 is 11.9 Å². The van der Waals surface area contributed by atoms with Crippen LogP contribution < -0.4 is 0 Å². The fraction of sp³-hybridized carbons (Fsp3) is 0.500. The lowest BCUT2D eigenvalue weighted by molar-refractivity contribution is -0.153. The third-order valence-electron chi connectivity index (χ3n) is 5.16. The van der Waals surface area contributed by atoms with Gasteiger partial charge in [-0.05, 0) is 36.8 Å². The molecule has 0 saturated carbocycles. The fourth-order valence-corrected chi connectivity index (χ4v) is 3.76. The van der Waals surface area contributed by atoms with Crippen LogP contribution in [0.4, 0.5) is 0 Å². The van der Waals surface area contributed by atoms with Crippen LogP contribution in [0, 0.1) is 5.41 Å². The summed E-state index contributed by atoms with van der Waals surface area (Å²) >= 11 is 0. The van der Waals surface area contributed by atoms with E-state index in [0.717, 1.165) is 43.2 Å². The molecule has 0 amide bonds. The maximum absolute atomic E-state index is 12.5. The molecular weight excluding hydrogens is 304 g/mol. The summed E-state index contributed by atoms with van der Waals surface area (Å²) in [5.41, 5.74) is 1.44. The quantitative estimate of drug-likeness (QED) is 0.607. The Hall–Kier alpha value is -2.10. The Bertz CT molecular complexity index is 634. The average Bonchev–Trinajstić information content (AvgIpc) is 2.76. The van der Waals surface area contributed by atoms with E-state index in [1.54, 1.807) is 0 Å². The average molecular weight is 328 g/mol. The second-order valence-electron chi connectivity index (χ2n) is 6.59. The first kappa shape index (κ1) is 16.7. The predicted octanol–water partition coefficient (Wildman–Crippen LogP) is 3.94. The van der Waals surface area contributed by atoms with Crippen LogP contribution in [0.3, 0.4) is 0 Å². The van der Waals surface area contributed by atoms with Crippen molar-refractivity contribution in [3.63, 3.8) is 0 Å². The molecule has 0 N–H and O–H groups in total. The first-order chi connectivity index (χ1) is 11.7. The van der Waals surface area contributed by atoms with Gasteiger partial charge in [0, 0.05) is 0 Å². The third kappa shape index (κ3) is 3.23. The molecule has 1 fully saturated rings. The van der Waals surface area contributed by atoms with Gasteiger partial charge in [-0.2, -0.15) is 0 Å². The fourth-order valence-electron chi connectivity index (χ4n) is 3.76. The Morgan fingerprint density at radius 1 is 1.29 bits per heavy atom. The van der Waals surface area contributed by atoms with Crippen LogP contribution >= 0.6 is 0 Å². The number of hydrogen-bond acceptors (Lipinski definition) is 4. The van der Waals surface area contributed by atoms with Crippen LogP contribution in [-0.4, -0.2) is 18.0 Å². The summed E-state index contributed by atoms with van der Waals surface area (Å²) in [6.07, 6.45) is 6.37. The SMILES string of the molecule is CC[C@]12CCCCC=C1C(CC(=O)OCc1ccccc1)OC2=O. The number of hydrogen-bond donors (Lipinski definition) is 0. The van der Waals surface area contributed by atoms with Gasteiger partial charge in [0.05, 0.1) is 11.8 Å². The van der Waals surface area contributed by atoms with Gasteiger partial charge in [-0.1, -0.05) is 49.8 Å².